The second-order valence-electron chi connectivity index (χ2n) is 5.78. The molecule has 20 heavy (non-hydrogen) atoms. The van der Waals surface area contributed by atoms with E-state index in [4.69, 9.17) is 0 Å². The van der Waals surface area contributed by atoms with E-state index in [9.17, 15) is 8.42 Å². The molecule has 1 saturated heterocycles. The summed E-state index contributed by atoms with van der Waals surface area (Å²) >= 11 is 0. The van der Waals surface area contributed by atoms with E-state index < -0.39 is 9.84 Å². The van der Waals surface area contributed by atoms with Gasteiger partial charge in [0, 0.05) is 44.9 Å². The van der Waals surface area contributed by atoms with Crippen LogP contribution in [0.1, 0.15) is 24.1 Å². The Kier molecular flexibility index (Phi) is 3.21. The molecule has 2 atom stereocenters. The van der Waals surface area contributed by atoms with Crippen LogP contribution < -0.4 is 4.90 Å². The Morgan fingerprint density at radius 1 is 1.40 bits per heavy atom. The summed E-state index contributed by atoms with van der Waals surface area (Å²) in [5, 5.41) is -0.306. The summed E-state index contributed by atoms with van der Waals surface area (Å²) in [5.74, 6) is 0.719. The van der Waals surface area contributed by atoms with Gasteiger partial charge in [-0.05, 0) is 6.54 Å². The molecule has 110 valence electrons. The molecule has 1 aromatic heterocycles. The maximum Gasteiger partial charge on any atom is 0.225 e. The molecule has 0 amide bonds. The van der Waals surface area contributed by atoms with Crippen LogP contribution in [0.2, 0.25) is 0 Å². The summed E-state index contributed by atoms with van der Waals surface area (Å²) in [6, 6.07) is 0. The topological polar surface area (TPSA) is 66.4 Å². The van der Waals surface area contributed by atoms with E-state index in [1.54, 1.807) is 6.20 Å². The van der Waals surface area contributed by atoms with Crippen molar-refractivity contribution in [2.24, 2.45) is 0 Å². The molecular formula is C13H20N4O2S. The number of hydrogen-bond acceptors (Lipinski definition) is 6. The summed E-state index contributed by atoms with van der Waals surface area (Å²) < 4.78 is 24.8. The maximum atomic E-state index is 12.4. The molecular weight excluding hydrogens is 276 g/mol. The predicted molar refractivity (Wildman–Crippen MR) is 77.6 cm³/mol. The first-order chi connectivity index (χ1) is 9.42. The Labute approximate surface area is 119 Å². The molecule has 7 heteroatoms. The summed E-state index contributed by atoms with van der Waals surface area (Å²) in [7, 11) is 0.704. The van der Waals surface area contributed by atoms with Crippen LogP contribution in [0.15, 0.2) is 6.20 Å². The van der Waals surface area contributed by atoms with Crippen molar-refractivity contribution in [3.8, 4) is 0 Å². The number of aromatic nitrogens is 2. The van der Waals surface area contributed by atoms with Crippen molar-refractivity contribution in [1.29, 1.82) is 0 Å². The van der Waals surface area contributed by atoms with Crippen LogP contribution in [0, 0.1) is 0 Å². The number of rotatable bonds is 2. The number of fused-ring (bicyclic) bond motifs is 3. The Hall–Kier alpha value is -1.21. The molecule has 0 aromatic carbocycles. The SMILES string of the molecule is CCN1C[C@@H]2c3nc(N(C)C)ncc3CS(=O)(=O)[C@@H]2C1. The van der Waals surface area contributed by atoms with Crippen molar-refractivity contribution >= 4 is 15.8 Å². The fourth-order valence-electron chi connectivity index (χ4n) is 3.12. The van der Waals surface area contributed by atoms with E-state index in [0.717, 1.165) is 24.3 Å². The standard InChI is InChI=1S/C13H20N4O2S/c1-4-17-6-10-11(7-17)20(18,19)8-9-5-14-13(16(2)3)15-12(9)10/h5,10-11H,4,6-8H2,1-3H3/t10-,11+/m0/s1. The third-order valence-electron chi connectivity index (χ3n) is 4.24. The van der Waals surface area contributed by atoms with E-state index in [2.05, 4.69) is 21.8 Å². The van der Waals surface area contributed by atoms with Gasteiger partial charge >= 0.3 is 0 Å². The fraction of sp³-hybridized carbons (Fsp3) is 0.692. The van der Waals surface area contributed by atoms with Crippen LogP contribution in [0.3, 0.4) is 0 Å². The zero-order valence-electron chi connectivity index (χ0n) is 12.1. The molecule has 0 unspecified atom stereocenters. The van der Waals surface area contributed by atoms with E-state index in [1.807, 2.05) is 19.0 Å². The van der Waals surface area contributed by atoms with Gasteiger partial charge in [-0.3, -0.25) is 0 Å². The third-order valence-corrected chi connectivity index (χ3v) is 6.36. The van der Waals surface area contributed by atoms with Gasteiger partial charge in [-0.1, -0.05) is 6.92 Å². The average molecular weight is 296 g/mol. The summed E-state index contributed by atoms with van der Waals surface area (Å²) in [6.45, 7) is 4.35. The van der Waals surface area contributed by atoms with Gasteiger partial charge < -0.3 is 9.80 Å². The average Bonchev–Trinajstić information content (AvgIpc) is 2.83. The largest absolute Gasteiger partial charge is 0.347 e. The normalized spacial score (nSPS) is 27.9. The highest BCUT2D eigenvalue weighted by Crippen LogP contribution is 2.39. The molecule has 0 radical (unpaired) electrons. The quantitative estimate of drug-likeness (QED) is 0.780. The minimum atomic E-state index is -3.09. The van der Waals surface area contributed by atoms with E-state index in [0.29, 0.717) is 12.5 Å². The van der Waals surface area contributed by atoms with Gasteiger partial charge in [-0.2, -0.15) is 0 Å². The highest BCUT2D eigenvalue weighted by atomic mass is 32.2. The number of hydrogen-bond donors (Lipinski definition) is 0. The lowest BCUT2D eigenvalue weighted by Crippen LogP contribution is -2.35. The van der Waals surface area contributed by atoms with Crippen LogP contribution in [-0.4, -0.2) is 62.3 Å². The summed E-state index contributed by atoms with van der Waals surface area (Å²) in [6.07, 6.45) is 1.68. The Balaban J connectivity index is 2.08. The molecule has 0 N–H and O–H groups in total. The zero-order valence-corrected chi connectivity index (χ0v) is 12.9. The van der Waals surface area contributed by atoms with E-state index in [-0.39, 0.29) is 16.9 Å². The van der Waals surface area contributed by atoms with E-state index >= 15 is 0 Å². The number of likely N-dealkylation sites (tertiary alicyclic amines) is 1. The van der Waals surface area contributed by atoms with Crippen LogP contribution in [0.5, 0.6) is 0 Å². The Morgan fingerprint density at radius 2 is 2.15 bits per heavy atom. The molecule has 0 aliphatic carbocycles. The molecule has 2 aliphatic rings. The fourth-order valence-corrected chi connectivity index (χ4v) is 5.14. The number of likely N-dealkylation sites (N-methyl/N-ethyl adjacent to an activating group) is 1. The van der Waals surface area contributed by atoms with Gasteiger partial charge in [-0.15, -0.1) is 0 Å². The van der Waals surface area contributed by atoms with E-state index in [1.165, 1.54) is 0 Å². The second-order valence-corrected chi connectivity index (χ2v) is 8.00. The zero-order chi connectivity index (χ0) is 14.5. The van der Waals surface area contributed by atoms with Crippen LogP contribution in [0.4, 0.5) is 5.95 Å². The lowest BCUT2D eigenvalue weighted by molar-refractivity contribution is 0.353. The molecule has 1 aromatic rings. The highest BCUT2D eigenvalue weighted by molar-refractivity contribution is 7.91. The first-order valence-corrected chi connectivity index (χ1v) is 8.61. The van der Waals surface area contributed by atoms with Crippen molar-refractivity contribution in [3.63, 3.8) is 0 Å². The van der Waals surface area contributed by atoms with Crippen LogP contribution >= 0.6 is 0 Å². The lowest BCUT2D eigenvalue weighted by Gasteiger charge is -2.27. The molecule has 6 nitrogen and oxygen atoms in total. The lowest BCUT2D eigenvalue weighted by atomic mass is 10.00. The second kappa shape index (κ2) is 4.66. The molecule has 0 saturated carbocycles. The molecule has 3 rings (SSSR count). The van der Waals surface area contributed by atoms with Crippen LogP contribution in [0.25, 0.3) is 0 Å². The van der Waals surface area contributed by atoms with Crippen molar-refractivity contribution in [1.82, 2.24) is 14.9 Å². The van der Waals surface area contributed by atoms with Gasteiger partial charge in [0.05, 0.1) is 16.7 Å². The van der Waals surface area contributed by atoms with Crippen molar-refractivity contribution in [2.45, 2.75) is 23.8 Å². The minimum absolute atomic E-state index is 0.00889. The number of sulfone groups is 1. The first-order valence-electron chi connectivity index (χ1n) is 6.89. The first kappa shape index (κ1) is 13.8. The van der Waals surface area contributed by atoms with Crippen LogP contribution in [-0.2, 0) is 15.6 Å². The summed E-state index contributed by atoms with van der Waals surface area (Å²) in [4.78, 5) is 12.9. The number of nitrogens with zero attached hydrogens (tertiary/aromatic N) is 4. The minimum Gasteiger partial charge on any atom is -0.347 e. The van der Waals surface area contributed by atoms with Gasteiger partial charge in [0.2, 0.25) is 5.95 Å². The summed E-state index contributed by atoms with van der Waals surface area (Å²) in [5.41, 5.74) is 1.70. The van der Waals surface area contributed by atoms with Gasteiger partial charge in [0.25, 0.3) is 0 Å². The van der Waals surface area contributed by atoms with Crippen molar-refractivity contribution in [2.75, 3.05) is 38.6 Å². The molecule has 0 spiro atoms. The maximum absolute atomic E-state index is 12.4. The van der Waals surface area contributed by atoms with Gasteiger partial charge in [-0.25, -0.2) is 18.4 Å². The predicted octanol–water partition coefficient (Wildman–Crippen LogP) is 0.259. The van der Waals surface area contributed by atoms with Crippen molar-refractivity contribution < 1.29 is 8.42 Å². The van der Waals surface area contributed by atoms with Crippen molar-refractivity contribution in [3.05, 3.63) is 17.5 Å². The van der Waals surface area contributed by atoms with Gasteiger partial charge in [0.15, 0.2) is 9.84 Å². The Morgan fingerprint density at radius 3 is 2.80 bits per heavy atom. The third kappa shape index (κ3) is 2.09. The molecule has 0 bridgehead atoms. The monoisotopic (exact) mass is 296 g/mol. The highest BCUT2D eigenvalue weighted by Gasteiger charge is 2.46. The smallest absolute Gasteiger partial charge is 0.225 e. The number of anilines is 1. The molecule has 1 fully saturated rings. The molecule has 3 heterocycles. The molecule has 2 aliphatic heterocycles. The van der Waals surface area contributed by atoms with Gasteiger partial charge in [0.1, 0.15) is 0 Å². The Bertz CT molecular complexity index is 629.